The number of carbonyl (C=O) groups excluding carboxylic acids is 1. The molecule has 1 aromatic heterocycles. The number of rotatable bonds is 4. The van der Waals surface area contributed by atoms with Crippen LogP contribution in [0, 0.1) is 5.92 Å². The van der Waals surface area contributed by atoms with Crippen LogP contribution in [0.25, 0.3) is 5.69 Å². The Morgan fingerprint density at radius 3 is 2.72 bits per heavy atom. The maximum Gasteiger partial charge on any atom is 0.391 e. The topological polar surface area (TPSA) is 59.8 Å². The highest BCUT2D eigenvalue weighted by atomic mass is 19.4. The van der Waals surface area contributed by atoms with Crippen molar-refractivity contribution in [1.82, 2.24) is 20.3 Å². The molecule has 1 aliphatic carbocycles. The molecule has 2 atom stereocenters. The van der Waals surface area contributed by atoms with Crippen molar-refractivity contribution >= 4 is 5.91 Å². The van der Waals surface area contributed by atoms with E-state index < -0.39 is 18.1 Å². The summed E-state index contributed by atoms with van der Waals surface area (Å²) in [5.41, 5.74) is 1.25. The molecule has 1 heterocycles. The molecule has 1 aliphatic rings. The molecule has 1 saturated carbocycles. The molecule has 2 aromatic rings. The minimum absolute atomic E-state index is 0.0000180. The Hall–Kier alpha value is -2.38. The second-order valence-electron chi connectivity index (χ2n) is 6.31. The summed E-state index contributed by atoms with van der Waals surface area (Å²) in [4.78, 5) is 13.5. The predicted octanol–water partition coefficient (Wildman–Crippen LogP) is 3.05. The van der Waals surface area contributed by atoms with Crippen molar-refractivity contribution in [2.24, 2.45) is 5.92 Å². The zero-order valence-electron chi connectivity index (χ0n) is 13.5. The Kier molecular flexibility index (Phi) is 5.06. The second kappa shape index (κ2) is 7.25. The molecule has 0 unspecified atom stereocenters. The summed E-state index contributed by atoms with van der Waals surface area (Å²) in [5.74, 6) is -1.65. The van der Waals surface area contributed by atoms with Crippen molar-refractivity contribution in [3.8, 4) is 5.69 Å². The number of alkyl halides is 3. The van der Waals surface area contributed by atoms with Gasteiger partial charge in [0, 0.05) is 6.04 Å². The van der Waals surface area contributed by atoms with Crippen LogP contribution in [0.15, 0.2) is 36.5 Å². The normalized spacial score (nSPS) is 21.1. The Bertz CT molecular complexity index is 714. The maximum atomic E-state index is 12.8. The molecule has 3 rings (SSSR count). The standard InChI is InChI=1S/C17H19F3N4O/c18-17(19,20)12-5-4-6-13(9-12)22-16(25)10-14-11-21-24(23-14)15-7-2-1-3-8-15/h1-3,7-8,11-13H,4-6,9-10H2,(H,22,25)/t12-,13-/m1/s1. The maximum absolute atomic E-state index is 12.8. The van der Waals surface area contributed by atoms with Crippen LogP contribution in [-0.4, -0.2) is 33.1 Å². The van der Waals surface area contributed by atoms with E-state index in [2.05, 4.69) is 15.5 Å². The summed E-state index contributed by atoms with van der Waals surface area (Å²) in [6.07, 6.45) is -1.56. The van der Waals surface area contributed by atoms with Gasteiger partial charge in [0.2, 0.25) is 5.91 Å². The van der Waals surface area contributed by atoms with Crippen LogP contribution < -0.4 is 5.32 Å². The highest BCUT2D eigenvalue weighted by Crippen LogP contribution is 2.37. The molecule has 0 radical (unpaired) electrons. The predicted molar refractivity (Wildman–Crippen MR) is 85.0 cm³/mol. The summed E-state index contributed by atoms with van der Waals surface area (Å²) < 4.78 is 38.5. The lowest BCUT2D eigenvalue weighted by Crippen LogP contribution is -2.42. The van der Waals surface area contributed by atoms with Crippen molar-refractivity contribution in [1.29, 1.82) is 0 Å². The Labute approximate surface area is 143 Å². The summed E-state index contributed by atoms with van der Waals surface area (Å²) >= 11 is 0. The van der Waals surface area contributed by atoms with Crippen molar-refractivity contribution in [3.05, 3.63) is 42.2 Å². The Morgan fingerprint density at radius 1 is 1.24 bits per heavy atom. The fraction of sp³-hybridized carbons (Fsp3) is 0.471. The van der Waals surface area contributed by atoms with E-state index in [0.717, 1.165) is 5.69 Å². The van der Waals surface area contributed by atoms with Gasteiger partial charge in [-0.15, -0.1) is 0 Å². The highest BCUT2D eigenvalue weighted by molar-refractivity contribution is 5.78. The minimum atomic E-state index is -4.19. The van der Waals surface area contributed by atoms with E-state index in [0.29, 0.717) is 18.5 Å². The van der Waals surface area contributed by atoms with Gasteiger partial charge in [0.1, 0.15) is 0 Å². The van der Waals surface area contributed by atoms with Gasteiger partial charge in [-0.1, -0.05) is 24.6 Å². The van der Waals surface area contributed by atoms with Gasteiger partial charge in [-0.25, -0.2) is 0 Å². The highest BCUT2D eigenvalue weighted by Gasteiger charge is 2.42. The third-order valence-corrected chi connectivity index (χ3v) is 4.37. The van der Waals surface area contributed by atoms with E-state index in [1.807, 2.05) is 30.3 Å². The molecule has 0 spiro atoms. The van der Waals surface area contributed by atoms with Crippen LogP contribution in [0.4, 0.5) is 13.2 Å². The lowest BCUT2D eigenvalue weighted by molar-refractivity contribution is -0.184. The number of benzene rings is 1. The molecule has 1 N–H and O–H groups in total. The van der Waals surface area contributed by atoms with E-state index in [4.69, 9.17) is 0 Å². The smallest absolute Gasteiger partial charge is 0.353 e. The van der Waals surface area contributed by atoms with E-state index in [1.165, 1.54) is 11.0 Å². The number of amides is 1. The van der Waals surface area contributed by atoms with Crippen molar-refractivity contribution in [2.45, 2.75) is 44.3 Å². The van der Waals surface area contributed by atoms with Crippen molar-refractivity contribution in [3.63, 3.8) is 0 Å². The number of hydrogen-bond donors (Lipinski definition) is 1. The monoisotopic (exact) mass is 352 g/mol. The minimum Gasteiger partial charge on any atom is -0.353 e. The fourth-order valence-electron chi connectivity index (χ4n) is 3.12. The molecule has 0 aliphatic heterocycles. The van der Waals surface area contributed by atoms with Gasteiger partial charge in [-0.05, 0) is 31.4 Å². The summed E-state index contributed by atoms with van der Waals surface area (Å²) in [6, 6.07) is 8.82. The molecule has 0 saturated heterocycles. The van der Waals surface area contributed by atoms with Gasteiger partial charge in [0.15, 0.2) is 0 Å². The first-order valence-electron chi connectivity index (χ1n) is 8.24. The number of halogens is 3. The van der Waals surface area contributed by atoms with Crippen LogP contribution in [0.2, 0.25) is 0 Å². The van der Waals surface area contributed by atoms with Gasteiger partial charge in [-0.3, -0.25) is 4.79 Å². The van der Waals surface area contributed by atoms with E-state index in [1.54, 1.807) is 0 Å². The summed E-state index contributed by atoms with van der Waals surface area (Å²) in [5, 5.41) is 11.0. The first-order valence-corrected chi connectivity index (χ1v) is 8.24. The van der Waals surface area contributed by atoms with Crippen LogP contribution >= 0.6 is 0 Å². The van der Waals surface area contributed by atoms with Crippen LogP contribution in [0.1, 0.15) is 31.4 Å². The van der Waals surface area contributed by atoms with Gasteiger partial charge >= 0.3 is 6.18 Å². The molecule has 8 heteroatoms. The van der Waals surface area contributed by atoms with Gasteiger partial charge < -0.3 is 5.32 Å². The first-order chi connectivity index (χ1) is 11.9. The van der Waals surface area contributed by atoms with E-state index >= 15 is 0 Å². The van der Waals surface area contributed by atoms with Gasteiger partial charge in [0.25, 0.3) is 0 Å². The average molecular weight is 352 g/mol. The number of nitrogens with one attached hydrogen (secondary N) is 1. The van der Waals surface area contributed by atoms with E-state index in [9.17, 15) is 18.0 Å². The quantitative estimate of drug-likeness (QED) is 0.920. The Balaban J connectivity index is 1.55. The fourth-order valence-corrected chi connectivity index (χ4v) is 3.12. The molecule has 1 amide bonds. The van der Waals surface area contributed by atoms with Crippen LogP contribution in [0.3, 0.4) is 0 Å². The van der Waals surface area contributed by atoms with E-state index in [-0.39, 0.29) is 25.2 Å². The molecular formula is C17H19F3N4O. The third-order valence-electron chi connectivity index (χ3n) is 4.37. The third kappa shape index (κ3) is 4.58. The zero-order chi connectivity index (χ0) is 17.9. The molecule has 0 bridgehead atoms. The van der Waals surface area contributed by atoms with Gasteiger partial charge in [-0.2, -0.15) is 28.2 Å². The number of para-hydroxylation sites is 1. The number of aromatic nitrogens is 3. The molecule has 134 valence electrons. The molecule has 25 heavy (non-hydrogen) atoms. The zero-order valence-corrected chi connectivity index (χ0v) is 13.5. The Morgan fingerprint density at radius 2 is 2.00 bits per heavy atom. The average Bonchev–Trinajstić information content (AvgIpc) is 3.03. The summed E-state index contributed by atoms with van der Waals surface area (Å²) in [6.45, 7) is 0. The van der Waals surface area contributed by atoms with Crippen molar-refractivity contribution < 1.29 is 18.0 Å². The molecule has 1 fully saturated rings. The molecule has 5 nitrogen and oxygen atoms in total. The SMILES string of the molecule is O=C(Cc1cnn(-c2ccccc2)n1)N[C@@H]1CCC[C@@H](C(F)(F)F)C1. The second-order valence-corrected chi connectivity index (χ2v) is 6.31. The van der Waals surface area contributed by atoms with Crippen molar-refractivity contribution in [2.75, 3.05) is 0 Å². The lowest BCUT2D eigenvalue weighted by Gasteiger charge is -2.30. The first kappa shape index (κ1) is 17.4. The van der Waals surface area contributed by atoms with Crippen LogP contribution in [0.5, 0.6) is 0 Å². The van der Waals surface area contributed by atoms with Gasteiger partial charge in [0.05, 0.1) is 29.9 Å². The van der Waals surface area contributed by atoms with Crippen LogP contribution in [-0.2, 0) is 11.2 Å². The number of hydrogen-bond acceptors (Lipinski definition) is 3. The number of nitrogens with zero attached hydrogens (tertiary/aromatic N) is 3. The largest absolute Gasteiger partial charge is 0.391 e. The lowest BCUT2D eigenvalue weighted by atomic mass is 9.85. The number of carbonyl (C=O) groups is 1. The summed E-state index contributed by atoms with van der Waals surface area (Å²) in [7, 11) is 0. The molecule has 1 aromatic carbocycles. The molecular weight excluding hydrogens is 333 g/mol.